The first kappa shape index (κ1) is 17.0. The Morgan fingerprint density at radius 1 is 1.29 bits per heavy atom. The van der Waals surface area contributed by atoms with Crippen molar-refractivity contribution in [2.75, 3.05) is 5.75 Å². The van der Waals surface area contributed by atoms with Crippen LogP contribution in [0.15, 0.2) is 35.6 Å². The Balaban J connectivity index is 1.57. The van der Waals surface area contributed by atoms with Crippen molar-refractivity contribution in [2.45, 2.75) is 43.3 Å². The number of nitrogens with one attached hydrogen (secondary N) is 1. The molecule has 0 spiro atoms. The molecule has 1 heterocycles. The van der Waals surface area contributed by atoms with Crippen LogP contribution in [0.1, 0.15) is 32.1 Å². The molecule has 6 heteroatoms. The van der Waals surface area contributed by atoms with Crippen molar-refractivity contribution in [3.8, 4) is 11.3 Å². The predicted octanol–water partition coefficient (Wildman–Crippen LogP) is 3.77. The second-order valence-electron chi connectivity index (χ2n) is 6.18. The molecule has 4 nitrogen and oxygen atoms in total. The Bertz CT molecular complexity index is 693. The van der Waals surface area contributed by atoms with Gasteiger partial charge in [-0.25, -0.2) is 9.37 Å². The van der Waals surface area contributed by atoms with Gasteiger partial charge in [-0.1, -0.05) is 31.0 Å². The topological polar surface area (TPSA) is 46.9 Å². The summed E-state index contributed by atoms with van der Waals surface area (Å²) in [5.41, 5.74) is 1.81. The predicted molar refractivity (Wildman–Crippen MR) is 94.3 cm³/mol. The van der Waals surface area contributed by atoms with Crippen LogP contribution in [0.5, 0.6) is 0 Å². The van der Waals surface area contributed by atoms with E-state index in [0.29, 0.717) is 11.8 Å². The number of hydrogen-bond donors (Lipinski definition) is 1. The first-order chi connectivity index (χ1) is 11.6. The minimum absolute atomic E-state index is 0.0678. The molecule has 1 N–H and O–H groups in total. The molecule has 1 fully saturated rings. The van der Waals surface area contributed by atoms with Gasteiger partial charge < -0.3 is 9.88 Å². The number of nitrogens with zero attached hydrogens (tertiary/aromatic N) is 2. The lowest BCUT2D eigenvalue weighted by atomic mass is 9.95. The van der Waals surface area contributed by atoms with Crippen molar-refractivity contribution in [3.63, 3.8) is 0 Å². The molecule has 2 aromatic rings. The largest absolute Gasteiger partial charge is 0.353 e. The fourth-order valence-electron chi connectivity index (χ4n) is 3.06. The zero-order valence-electron chi connectivity index (χ0n) is 13.8. The molecule has 0 aliphatic heterocycles. The van der Waals surface area contributed by atoms with Gasteiger partial charge in [0, 0.05) is 13.1 Å². The second kappa shape index (κ2) is 7.83. The number of benzene rings is 1. The van der Waals surface area contributed by atoms with Crippen molar-refractivity contribution in [3.05, 3.63) is 36.3 Å². The van der Waals surface area contributed by atoms with Crippen LogP contribution >= 0.6 is 11.8 Å². The smallest absolute Gasteiger partial charge is 0.230 e. The van der Waals surface area contributed by atoms with E-state index in [9.17, 15) is 9.18 Å². The number of carbonyl (C=O) groups is 1. The van der Waals surface area contributed by atoms with Gasteiger partial charge in [0.05, 0.1) is 17.6 Å². The molecule has 0 radical (unpaired) electrons. The van der Waals surface area contributed by atoms with Crippen LogP contribution in [0.3, 0.4) is 0 Å². The molecule has 0 unspecified atom stereocenters. The summed E-state index contributed by atoms with van der Waals surface area (Å²) in [6, 6.07) is 6.68. The Morgan fingerprint density at radius 2 is 2.00 bits per heavy atom. The van der Waals surface area contributed by atoms with Crippen LogP contribution in [-0.2, 0) is 11.8 Å². The Morgan fingerprint density at radius 3 is 2.71 bits per heavy atom. The quantitative estimate of drug-likeness (QED) is 0.838. The van der Waals surface area contributed by atoms with E-state index in [1.165, 1.54) is 43.2 Å². The van der Waals surface area contributed by atoms with Crippen LogP contribution in [0.2, 0.25) is 0 Å². The van der Waals surface area contributed by atoms with Crippen molar-refractivity contribution in [1.82, 2.24) is 14.9 Å². The standard InChI is InChI=1S/C18H22FN3OS/c1-22-16(13-7-9-14(19)10-8-13)11-20-18(22)24-12-17(23)21-15-5-3-2-4-6-15/h7-11,15H,2-6,12H2,1H3,(H,21,23). The molecule has 1 aliphatic rings. The fourth-order valence-corrected chi connectivity index (χ4v) is 3.82. The summed E-state index contributed by atoms with van der Waals surface area (Å²) in [7, 11) is 1.91. The van der Waals surface area contributed by atoms with Crippen LogP contribution in [-0.4, -0.2) is 27.3 Å². The van der Waals surface area contributed by atoms with Crippen LogP contribution in [0, 0.1) is 5.82 Å². The number of hydrogen-bond acceptors (Lipinski definition) is 3. The van der Waals surface area contributed by atoms with Gasteiger partial charge in [-0.05, 0) is 42.7 Å². The summed E-state index contributed by atoms with van der Waals surface area (Å²) in [6.07, 6.45) is 7.63. The number of halogens is 1. The summed E-state index contributed by atoms with van der Waals surface area (Å²) in [5, 5.41) is 3.90. The van der Waals surface area contributed by atoms with Gasteiger partial charge in [0.25, 0.3) is 0 Å². The first-order valence-corrected chi connectivity index (χ1v) is 9.32. The number of aromatic nitrogens is 2. The summed E-state index contributed by atoms with van der Waals surface area (Å²) in [6.45, 7) is 0. The third-order valence-corrected chi connectivity index (χ3v) is 5.43. The monoisotopic (exact) mass is 347 g/mol. The lowest BCUT2D eigenvalue weighted by molar-refractivity contribution is -0.119. The molecule has 24 heavy (non-hydrogen) atoms. The van der Waals surface area contributed by atoms with E-state index in [-0.39, 0.29) is 11.7 Å². The zero-order chi connectivity index (χ0) is 16.9. The van der Waals surface area contributed by atoms with Gasteiger partial charge in [0.15, 0.2) is 5.16 Å². The Hall–Kier alpha value is -1.82. The average molecular weight is 347 g/mol. The van der Waals surface area contributed by atoms with Gasteiger partial charge in [-0.2, -0.15) is 0 Å². The van der Waals surface area contributed by atoms with E-state index >= 15 is 0 Å². The lowest BCUT2D eigenvalue weighted by Gasteiger charge is -2.22. The Kier molecular flexibility index (Phi) is 5.56. The van der Waals surface area contributed by atoms with Gasteiger partial charge >= 0.3 is 0 Å². The van der Waals surface area contributed by atoms with E-state index < -0.39 is 0 Å². The number of imidazole rings is 1. The first-order valence-electron chi connectivity index (χ1n) is 8.33. The van der Waals surface area contributed by atoms with Crippen molar-refractivity contribution < 1.29 is 9.18 Å². The second-order valence-corrected chi connectivity index (χ2v) is 7.13. The molecule has 0 saturated heterocycles. The summed E-state index contributed by atoms with van der Waals surface area (Å²) in [4.78, 5) is 16.5. The minimum Gasteiger partial charge on any atom is -0.353 e. The molecule has 0 atom stereocenters. The highest BCUT2D eigenvalue weighted by Gasteiger charge is 2.16. The van der Waals surface area contributed by atoms with Gasteiger partial charge in [0.1, 0.15) is 5.82 Å². The van der Waals surface area contributed by atoms with E-state index in [1.807, 2.05) is 11.6 Å². The van der Waals surface area contributed by atoms with E-state index in [2.05, 4.69) is 10.3 Å². The highest BCUT2D eigenvalue weighted by molar-refractivity contribution is 7.99. The maximum Gasteiger partial charge on any atom is 0.230 e. The number of rotatable bonds is 5. The maximum absolute atomic E-state index is 13.0. The fraction of sp³-hybridized carbons (Fsp3) is 0.444. The van der Waals surface area contributed by atoms with Gasteiger partial charge in [0.2, 0.25) is 5.91 Å². The van der Waals surface area contributed by atoms with Crippen LogP contribution < -0.4 is 5.32 Å². The summed E-state index contributed by atoms with van der Waals surface area (Å²) in [5.74, 6) is 0.178. The lowest BCUT2D eigenvalue weighted by Crippen LogP contribution is -2.37. The highest BCUT2D eigenvalue weighted by atomic mass is 32.2. The van der Waals surface area contributed by atoms with E-state index in [1.54, 1.807) is 18.3 Å². The molecule has 128 valence electrons. The number of amides is 1. The molecule has 0 bridgehead atoms. The van der Waals surface area contributed by atoms with E-state index in [4.69, 9.17) is 0 Å². The highest BCUT2D eigenvalue weighted by Crippen LogP contribution is 2.25. The zero-order valence-corrected chi connectivity index (χ0v) is 14.6. The SMILES string of the molecule is Cn1c(-c2ccc(F)cc2)cnc1SCC(=O)NC1CCCCC1. The van der Waals surface area contributed by atoms with Crippen molar-refractivity contribution in [1.29, 1.82) is 0 Å². The van der Waals surface area contributed by atoms with Crippen LogP contribution in [0.25, 0.3) is 11.3 Å². The molecular formula is C18H22FN3OS. The van der Waals surface area contributed by atoms with Gasteiger partial charge in [-0.15, -0.1) is 0 Å². The summed E-state index contributed by atoms with van der Waals surface area (Å²) < 4.78 is 15.0. The average Bonchev–Trinajstić information content (AvgIpc) is 2.95. The Labute approximate surface area is 145 Å². The number of thioether (sulfide) groups is 1. The number of carbonyl (C=O) groups excluding carboxylic acids is 1. The van der Waals surface area contributed by atoms with Crippen molar-refractivity contribution in [2.24, 2.45) is 7.05 Å². The molecule has 1 amide bonds. The normalized spacial score (nSPS) is 15.4. The molecule has 1 aliphatic carbocycles. The third-order valence-electron chi connectivity index (χ3n) is 4.39. The van der Waals surface area contributed by atoms with Gasteiger partial charge in [-0.3, -0.25) is 4.79 Å². The molecule has 3 rings (SSSR count). The van der Waals surface area contributed by atoms with Crippen LogP contribution in [0.4, 0.5) is 4.39 Å². The minimum atomic E-state index is -0.255. The molecular weight excluding hydrogens is 325 g/mol. The summed E-state index contributed by atoms with van der Waals surface area (Å²) >= 11 is 1.43. The third kappa shape index (κ3) is 4.17. The molecule has 1 aromatic carbocycles. The van der Waals surface area contributed by atoms with E-state index in [0.717, 1.165) is 29.3 Å². The molecule has 1 saturated carbocycles. The van der Waals surface area contributed by atoms with Crippen molar-refractivity contribution >= 4 is 17.7 Å². The maximum atomic E-state index is 13.0. The molecule has 1 aromatic heterocycles.